The minimum atomic E-state index is 0.133. The molecular weight excluding hydrogens is 388 g/mol. The number of hydrazine groups is 1. The zero-order chi connectivity index (χ0) is 23.7. The lowest BCUT2D eigenvalue weighted by molar-refractivity contribution is 0.590. The van der Waals surface area contributed by atoms with E-state index in [0.29, 0.717) is 0 Å². The molecule has 3 rings (SSSR count). The SMILES string of the molecule is CC(C)(C)c1ccc(NN(c2ccc(C(C)(C)C)cc2)c2ccc(C(C)(C)C)cc2)cc1. The third-order valence-electron chi connectivity index (χ3n) is 5.97. The van der Waals surface area contributed by atoms with Crippen molar-refractivity contribution in [1.82, 2.24) is 0 Å². The third kappa shape index (κ3) is 5.73. The first-order valence-electron chi connectivity index (χ1n) is 11.6. The van der Waals surface area contributed by atoms with Crippen LogP contribution < -0.4 is 10.4 Å². The topological polar surface area (TPSA) is 15.3 Å². The summed E-state index contributed by atoms with van der Waals surface area (Å²) in [5.74, 6) is 0. The van der Waals surface area contributed by atoms with Crippen LogP contribution in [-0.2, 0) is 16.2 Å². The molecule has 0 atom stereocenters. The first-order valence-corrected chi connectivity index (χ1v) is 11.6. The Hall–Kier alpha value is -2.74. The zero-order valence-corrected chi connectivity index (χ0v) is 21.4. The maximum atomic E-state index is 3.64. The highest BCUT2D eigenvalue weighted by atomic mass is 15.5. The average Bonchev–Trinajstić information content (AvgIpc) is 2.71. The summed E-state index contributed by atoms with van der Waals surface area (Å²) in [5, 5.41) is 2.17. The summed E-state index contributed by atoms with van der Waals surface area (Å²) >= 11 is 0. The molecule has 1 N–H and O–H groups in total. The summed E-state index contributed by atoms with van der Waals surface area (Å²) in [6.07, 6.45) is 0. The van der Waals surface area contributed by atoms with Crippen molar-refractivity contribution in [3.8, 4) is 0 Å². The highest BCUT2D eigenvalue weighted by Gasteiger charge is 2.18. The molecule has 3 aromatic rings. The third-order valence-corrected chi connectivity index (χ3v) is 5.97. The van der Waals surface area contributed by atoms with Crippen molar-refractivity contribution >= 4 is 17.1 Å². The van der Waals surface area contributed by atoms with Crippen LogP contribution in [0.5, 0.6) is 0 Å². The summed E-state index contributed by atoms with van der Waals surface area (Å²) in [6.45, 7) is 20.2. The Bertz CT molecular complexity index is 950. The van der Waals surface area contributed by atoms with Gasteiger partial charge in [-0.25, -0.2) is 0 Å². The molecule has 0 heterocycles. The van der Waals surface area contributed by atoms with E-state index in [0.717, 1.165) is 17.1 Å². The van der Waals surface area contributed by atoms with Crippen LogP contribution >= 0.6 is 0 Å². The number of nitrogens with one attached hydrogen (secondary N) is 1. The monoisotopic (exact) mass is 428 g/mol. The van der Waals surface area contributed by atoms with E-state index >= 15 is 0 Å². The fraction of sp³-hybridized carbons (Fsp3) is 0.400. The lowest BCUT2D eigenvalue weighted by Gasteiger charge is -2.29. The van der Waals surface area contributed by atoms with Crippen LogP contribution in [0.15, 0.2) is 72.8 Å². The molecule has 0 aliphatic rings. The van der Waals surface area contributed by atoms with Gasteiger partial charge in [-0.05, 0) is 69.3 Å². The molecule has 0 aromatic heterocycles. The summed E-state index contributed by atoms with van der Waals surface area (Å²) in [5.41, 5.74) is 11.3. The molecule has 0 fully saturated rings. The lowest BCUT2D eigenvalue weighted by atomic mass is 9.87. The first-order chi connectivity index (χ1) is 14.7. The molecule has 0 saturated carbocycles. The quantitative estimate of drug-likeness (QED) is 0.418. The predicted octanol–water partition coefficient (Wildman–Crippen LogP) is 8.74. The number of hydrogen-bond acceptors (Lipinski definition) is 2. The average molecular weight is 429 g/mol. The van der Waals surface area contributed by atoms with E-state index < -0.39 is 0 Å². The minimum Gasteiger partial charge on any atom is -0.294 e. The molecule has 170 valence electrons. The molecule has 2 nitrogen and oxygen atoms in total. The van der Waals surface area contributed by atoms with Gasteiger partial charge in [0.15, 0.2) is 0 Å². The largest absolute Gasteiger partial charge is 0.294 e. The van der Waals surface area contributed by atoms with Gasteiger partial charge in [-0.15, -0.1) is 0 Å². The van der Waals surface area contributed by atoms with E-state index in [2.05, 4.69) is 146 Å². The maximum absolute atomic E-state index is 3.64. The summed E-state index contributed by atoms with van der Waals surface area (Å²) in [7, 11) is 0. The van der Waals surface area contributed by atoms with Crippen LogP contribution in [0.3, 0.4) is 0 Å². The molecule has 32 heavy (non-hydrogen) atoms. The van der Waals surface area contributed by atoms with Crippen LogP contribution in [0.2, 0.25) is 0 Å². The summed E-state index contributed by atoms with van der Waals surface area (Å²) in [4.78, 5) is 0. The van der Waals surface area contributed by atoms with E-state index in [4.69, 9.17) is 0 Å². The molecule has 0 aliphatic heterocycles. The van der Waals surface area contributed by atoms with Crippen molar-refractivity contribution < 1.29 is 0 Å². The number of hydrogen-bond donors (Lipinski definition) is 1. The molecule has 2 heteroatoms. The minimum absolute atomic E-state index is 0.133. The van der Waals surface area contributed by atoms with Gasteiger partial charge in [-0.3, -0.25) is 10.4 Å². The van der Waals surface area contributed by atoms with Gasteiger partial charge in [0, 0.05) is 0 Å². The molecule has 0 amide bonds. The second kappa shape index (κ2) is 8.65. The van der Waals surface area contributed by atoms with Crippen molar-refractivity contribution in [1.29, 1.82) is 0 Å². The maximum Gasteiger partial charge on any atom is 0.0630 e. The molecule has 0 spiro atoms. The Morgan fingerprint density at radius 2 is 0.719 bits per heavy atom. The standard InChI is InChI=1S/C30H40N2/c1-28(2,3)22-10-16-25(17-11-22)31-32(26-18-12-23(13-19-26)29(4,5)6)27-20-14-24(15-21-27)30(7,8)9/h10-21,31H,1-9H3. The van der Waals surface area contributed by atoms with Crippen molar-refractivity contribution in [2.24, 2.45) is 0 Å². The van der Waals surface area contributed by atoms with Crippen LogP contribution in [0.4, 0.5) is 17.1 Å². The smallest absolute Gasteiger partial charge is 0.0630 e. The van der Waals surface area contributed by atoms with Gasteiger partial charge in [-0.2, -0.15) is 0 Å². The number of benzene rings is 3. The normalized spacial score (nSPS) is 12.5. The van der Waals surface area contributed by atoms with E-state index in [1.165, 1.54) is 16.7 Å². The molecule has 0 saturated heterocycles. The van der Waals surface area contributed by atoms with Gasteiger partial charge in [-0.1, -0.05) is 98.7 Å². The van der Waals surface area contributed by atoms with Gasteiger partial charge >= 0.3 is 0 Å². The lowest BCUT2D eigenvalue weighted by Crippen LogP contribution is -2.25. The second-order valence-corrected chi connectivity index (χ2v) is 11.9. The number of anilines is 3. The zero-order valence-electron chi connectivity index (χ0n) is 21.4. The Labute approximate surface area is 195 Å². The fourth-order valence-corrected chi connectivity index (χ4v) is 3.67. The van der Waals surface area contributed by atoms with Gasteiger partial charge < -0.3 is 0 Å². The van der Waals surface area contributed by atoms with Gasteiger partial charge in [0.2, 0.25) is 0 Å². The van der Waals surface area contributed by atoms with E-state index in [1.54, 1.807) is 0 Å². The van der Waals surface area contributed by atoms with Crippen LogP contribution in [-0.4, -0.2) is 0 Å². The molecular formula is C30H40N2. The summed E-state index contributed by atoms with van der Waals surface area (Å²) < 4.78 is 0. The fourth-order valence-electron chi connectivity index (χ4n) is 3.67. The van der Waals surface area contributed by atoms with Gasteiger partial charge in [0.05, 0.1) is 17.1 Å². The van der Waals surface area contributed by atoms with Gasteiger partial charge in [0.1, 0.15) is 0 Å². The molecule has 0 bridgehead atoms. The first kappa shape index (κ1) is 23.9. The number of nitrogens with zero attached hydrogens (tertiary/aromatic N) is 1. The molecule has 3 aromatic carbocycles. The Morgan fingerprint density at radius 1 is 0.438 bits per heavy atom. The van der Waals surface area contributed by atoms with Crippen LogP contribution in [0.1, 0.15) is 79.0 Å². The highest BCUT2D eigenvalue weighted by molar-refractivity contribution is 5.69. The van der Waals surface area contributed by atoms with Crippen molar-refractivity contribution in [2.45, 2.75) is 78.6 Å². The predicted molar refractivity (Wildman–Crippen MR) is 141 cm³/mol. The van der Waals surface area contributed by atoms with Crippen molar-refractivity contribution in [3.05, 3.63) is 89.5 Å². The van der Waals surface area contributed by atoms with Gasteiger partial charge in [0.25, 0.3) is 0 Å². The van der Waals surface area contributed by atoms with E-state index in [1.807, 2.05) is 0 Å². The Morgan fingerprint density at radius 3 is 1.00 bits per heavy atom. The highest BCUT2D eigenvalue weighted by Crippen LogP contribution is 2.32. The van der Waals surface area contributed by atoms with Crippen molar-refractivity contribution in [3.63, 3.8) is 0 Å². The second-order valence-electron chi connectivity index (χ2n) is 11.9. The van der Waals surface area contributed by atoms with Crippen molar-refractivity contribution in [2.75, 3.05) is 10.4 Å². The van der Waals surface area contributed by atoms with Crippen LogP contribution in [0.25, 0.3) is 0 Å². The Kier molecular flexibility index (Phi) is 6.47. The molecule has 0 unspecified atom stereocenters. The molecule has 0 aliphatic carbocycles. The number of rotatable bonds is 4. The molecule has 0 radical (unpaired) electrons. The Balaban J connectivity index is 1.97. The van der Waals surface area contributed by atoms with Crippen LogP contribution in [0, 0.1) is 0 Å². The van der Waals surface area contributed by atoms with E-state index in [-0.39, 0.29) is 16.2 Å². The summed E-state index contributed by atoms with van der Waals surface area (Å²) in [6, 6.07) is 26.5. The van der Waals surface area contributed by atoms with E-state index in [9.17, 15) is 0 Å².